The summed E-state index contributed by atoms with van der Waals surface area (Å²) < 4.78 is 2.20. The first-order valence-electron chi connectivity index (χ1n) is 7.54. The van der Waals surface area contributed by atoms with Crippen LogP contribution in [0.4, 0.5) is 0 Å². The van der Waals surface area contributed by atoms with E-state index in [1.165, 1.54) is 24.0 Å². The quantitative estimate of drug-likeness (QED) is 0.797. The summed E-state index contributed by atoms with van der Waals surface area (Å²) in [6, 6.07) is 9.00. The molecule has 0 spiro atoms. The molecule has 1 aliphatic rings. The molecule has 116 valence electrons. The molecule has 1 aliphatic carbocycles. The second-order valence-corrected chi connectivity index (χ2v) is 6.69. The minimum Gasteiger partial charge on any atom is -0.370 e. The first-order valence-corrected chi connectivity index (χ1v) is 8.52. The first-order chi connectivity index (χ1) is 10.6. The van der Waals surface area contributed by atoms with Gasteiger partial charge in [0, 0.05) is 24.6 Å². The van der Waals surface area contributed by atoms with Crippen molar-refractivity contribution in [2.24, 2.45) is 5.73 Å². The Labute approximate surface area is 134 Å². The van der Waals surface area contributed by atoms with Crippen LogP contribution in [0.3, 0.4) is 0 Å². The fraction of sp³-hybridized carbons (Fsp3) is 0.438. The van der Waals surface area contributed by atoms with Gasteiger partial charge in [-0.1, -0.05) is 41.6 Å². The number of aromatic nitrogens is 3. The molecular weight excluding hydrogens is 296 g/mol. The standard InChI is InChI=1S/C16H20N4OS/c1-11-3-2-4-12(9-11)10-22-16-19-18-15(8-7-14(17)21)20(16)13-5-6-13/h2-4,9,13H,5-8,10H2,1H3,(H2,17,21). The molecule has 3 rings (SSSR count). The molecule has 0 atom stereocenters. The lowest BCUT2D eigenvalue weighted by Gasteiger charge is -2.08. The molecule has 5 nitrogen and oxygen atoms in total. The van der Waals surface area contributed by atoms with Crippen LogP contribution >= 0.6 is 11.8 Å². The third-order valence-electron chi connectivity index (χ3n) is 3.69. The zero-order valence-electron chi connectivity index (χ0n) is 12.7. The molecule has 0 unspecified atom stereocenters. The van der Waals surface area contributed by atoms with E-state index in [1.807, 2.05) is 0 Å². The zero-order chi connectivity index (χ0) is 15.5. The van der Waals surface area contributed by atoms with Crippen LogP contribution in [0.25, 0.3) is 0 Å². The summed E-state index contributed by atoms with van der Waals surface area (Å²) in [6.07, 6.45) is 3.23. The van der Waals surface area contributed by atoms with Gasteiger partial charge in [-0.15, -0.1) is 10.2 Å². The first kappa shape index (κ1) is 15.1. The van der Waals surface area contributed by atoms with Gasteiger partial charge in [0.25, 0.3) is 0 Å². The summed E-state index contributed by atoms with van der Waals surface area (Å²) in [5.74, 6) is 1.47. The van der Waals surface area contributed by atoms with Gasteiger partial charge < -0.3 is 10.3 Å². The number of hydrogen-bond donors (Lipinski definition) is 1. The third kappa shape index (κ3) is 3.68. The molecule has 1 aromatic carbocycles. The molecule has 2 N–H and O–H groups in total. The summed E-state index contributed by atoms with van der Waals surface area (Å²) in [7, 11) is 0. The van der Waals surface area contributed by atoms with Crippen molar-refractivity contribution in [1.82, 2.24) is 14.8 Å². The van der Waals surface area contributed by atoms with E-state index in [0.717, 1.165) is 16.7 Å². The van der Waals surface area contributed by atoms with Crippen molar-refractivity contribution in [1.29, 1.82) is 0 Å². The molecule has 0 aliphatic heterocycles. The van der Waals surface area contributed by atoms with Crippen molar-refractivity contribution in [3.8, 4) is 0 Å². The Balaban J connectivity index is 1.71. The predicted octanol–water partition coefficient (Wildman–Crippen LogP) is 2.63. The summed E-state index contributed by atoms with van der Waals surface area (Å²) in [4.78, 5) is 11.0. The second kappa shape index (κ2) is 6.52. The Morgan fingerprint density at radius 1 is 1.41 bits per heavy atom. The van der Waals surface area contributed by atoms with Crippen molar-refractivity contribution in [3.05, 3.63) is 41.2 Å². The van der Waals surface area contributed by atoms with Crippen LogP contribution in [0.2, 0.25) is 0 Å². The number of primary amides is 1. The monoisotopic (exact) mass is 316 g/mol. The third-order valence-corrected chi connectivity index (χ3v) is 4.71. The minimum atomic E-state index is -0.292. The van der Waals surface area contributed by atoms with E-state index in [2.05, 4.69) is 46.0 Å². The number of hydrogen-bond acceptors (Lipinski definition) is 4. The second-order valence-electron chi connectivity index (χ2n) is 5.74. The predicted molar refractivity (Wildman–Crippen MR) is 86.5 cm³/mol. The van der Waals surface area contributed by atoms with Gasteiger partial charge in [-0.3, -0.25) is 4.79 Å². The van der Waals surface area contributed by atoms with Gasteiger partial charge in [-0.2, -0.15) is 0 Å². The molecule has 1 heterocycles. The maximum Gasteiger partial charge on any atom is 0.217 e. The highest BCUT2D eigenvalue weighted by atomic mass is 32.2. The summed E-state index contributed by atoms with van der Waals surface area (Å²) in [5, 5.41) is 9.53. The number of carbonyl (C=O) groups excluding carboxylic acids is 1. The Morgan fingerprint density at radius 2 is 2.23 bits per heavy atom. The largest absolute Gasteiger partial charge is 0.370 e. The van der Waals surface area contributed by atoms with Crippen molar-refractivity contribution in [3.63, 3.8) is 0 Å². The molecule has 1 aromatic heterocycles. The molecule has 1 saturated carbocycles. The van der Waals surface area contributed by atoms with Crippen LogP contribution in [-0.2, 0) is 17.0 Å². The Bertz CT molecular complexity index is 679. The molecule has 0 saturated heterocycles. The van der Waals surface area contributed by atoms with E-state index in [9.17, 15) is 4.79 Å². The highest BCUT2D eigenvalue weighted by molar-refractivity contribution is 7.98. The molecule has 1 amide bonds. The van der Waals surface area contributed by atoms with Crippen LogP contribution in [0.5, 0.6) is 0 Å². The Kier molecular flexibility index (Phi) is 4.47. The van der Waals surface area contributed by atoms with Gasteiger partial charge in [0.15, 0.2) is 5.16 Å². The van der Waals surface area contributed by atoms with Gasteiger partial charge in [0.1, 0.15) is 5.82 Å². The van der Waals surface area contributed by atoms with E-state index in [4.69, 9.17) is 5.73 Å². The lowest BCUT2D eigenvalue weighted by atomic mass is 10.2. The molecule has 22 heavy (non-hydrogen) atoms. The fourth-order valence-corrected chi connectivity index (χ4v) is 3.43. The zero-order valence-corrected chi connectivity index (χ0v) is 13.5. The van der Waals surface area contributed by atoms with Crippen LogP contribution in [0.15, 0.2) is 29.4 Å². The van der Waals surface area contributed by atoms with Crippen LogP contribution in [0, 0.1) is 6.92 Å². The number of nitrogens with zero attached hydrogens (tertiary/aromatic N) is 3. The van der Waals surface area contributed by atoms with E-state index < -0.39 is 0 Å². The van der Waals surface area contributed by atoms with Gasteiger partial charge in [0.05, 0.1) is 0 Å². The number of carbonyl (C=O) groups is 1. The Morgan fingerprint density at radius 3 is 2.91 bits per heavy atom. The number of aryl methyl sites for hydroxylation is 2. The number of benzene rings is 1. The van der Waals surface area contributed by atoms with E-state index >= 15 is 0 Å². The van der Waals surface area contributed by atoms with Crippen LogP contribution in [-0.4, -0.2) is 20.7 Å². The summed E-state index contributed by atoms with van der Waals surface area (Å²) >= 11 is 1.71. The molecule has 2 aromatic rings. The van der Waals surface area contributed by atoms with Crippen LogP contribution in [0.1, 0.15) is 42.3 Å². The van der Waals surface area contributed by atoms with Crippen molar-refractivity contribution in [2.75, 3.05) is 0 Å². The summed E-state index contributed by atoms with van der Waals surface area (Å²) in [6.45, 7) is 2.10. The van der Waals surface area contributed by atoms with Gasteiger partial charge in [-0.25, -0.2) is 0 Å². The molecular formula is C16H20N4OS. The fourth-order valence-electron chi connectivity index (χ4n) is 2.46. The minimum absolute atomic E-state index is 0.292. The van der Waals surface area contributed by atoms with E-state index in [0.29, 0.717) is 18.9 Å². The van der Waals surface area contributed by atoms with E-state index in [1.54, 1.807) is 11.8 Å². The lowest BCUT2D eigenvalue weighted by molar-refractivity contribution is -0.118. The summed E-state index contributed by atoms with van der Waals surface area (Å²) in [5.41, 5.74) is 7.79. The number of thioether (sulfide) groups is 1. The highest BCUT2D eigenvalue weighted by Gasteiger charge is 2.29. The average molecular weight is 316 g/mol. The number of amides is 1. The normalized spacial score (nSPS) is 14.2. The number of rotatable bonds is 7. The number of nitrogens with two attached hydrogens (primary N) is 1. The van der Waals surface area contributed by atoms with Gasteiger partial charge >= 0.3 is 0 Å². The average Bonchev–Trinajstić information content (AvgIpc) is 3.24. The molecule has 6 heteroatoms. The maximum absolute atomic E-state index is 11.0. The van der Waals surface area contributed by atoms with Crippen LogP contribution < -0.4 is 5.73 Å². The topological polar surface area (TPSA) is 73.8 Å². The SMILES string of the molecule is Cc1cccc(CSc2nnc(CCC(N)=O)n2C2CC2)c1. The van der Waals surface area contributed by atoms with Crippen molar-refractivity contribution >= 4 is 17.7 Å². The molecule has 0 radical (unpaired) electrons. The van der Waals surface area contributed by atoms with Crippen molar-refractivity contribution in [2.45, 2.75) is 49.6 Å². The smallest absolute Gasteiger partial charge is 0.217 e. The maximum atomic E-state index is 11.0. The van der Waals surface area contributed by atoms with Gasteiger partial charge in [-0.05, 0) is 25.3 Å². The lowest BCUT2D eigenvalue weighted by Crippen LogP contribution is -2.13. The molecule has 1 fully saturated rings. The Hall–Kier alpha value is -1.82. The molecule has 0 bridgehead atoms. The van der Waals surface area contributed by atoms with Crippen molar-refractivity contribution < 1.29 is 4.79 Å². The highest BCUT2D eigenvalue weighted by Crippen LogP contribution is 2.39. The van der Waals surface area contributed by atoms with Gasteiger partial charge in [0.2, 0.25) is 5.91 Å². The van der Waals surface area contributed by atoms with E-state index in [-0.39, 0.29) is 5.91 Å².